The molecule has 0 aliphatic carbocycles. The van der Waals surface area contributed by atoms with E-state index in [1.807, 2.05) is 5.38 Å². The van der Waals surface area contributed by atoms with Gasteiger partial charge in [0.2, 0.25) is 0 Å². The van der Waals surface area contributed by atoms with Crippen molar-refractivity contribution < 1.29 is 4.74 Å². The smallest absolute Gasteiger partial charge is 0.144 e. The molecule has 2 rings (SSSR count). The molecule has 2 aromatic rings. The Bertz CT molecular complexity index is 415. The highest BCUT2D eigenvalue weighted by molar-refractivity contribution is 7.13. The highest BCUT2D eigenvalue weighted by Crippen LogP contribution is 2.25. The summed E-state index contributed by atoms with van der Waals surface area (Å²) in [6.07, 6.45) is 1.78. The van der Waals surface area contributed by atoms with E-state index in [2.05, 4.69) is 19.9 Å². The molecular weight excluding hydrogens is 244 g/mol. The molecule has 0 aliphatic heterocycles. The Hall–Kier alpha value is -0.890. The number of nitrogens with zero attached hydrogens (tertiary/aromatic N) is 3. The van der Waals surface area contributed by atoms with Crippen LogP contribution in [0.25, 0.3) is 10.7 Å². The van der Waals surface area contributed by atoms with Crippen LogP contribution in [0.1, 0.15) is 4.88 Å². The number of aromatic nitrogens is 3. The van der Waals surface area contributed by atoms with Crippen molar-refractivity contribution in [2.45, 2.75) is 6.54 Å². The van der Waals surface area contributed by atoms with Crippen molar-refractivity contribution in [1.82, 2.24) is 19.9 Å². The minimum absolute atomic E-state index is 0.707. The second-order valence-corrected chi connectivity index (χ2v) is 4.78. The molecule has 0 spiro atoms. The van der Waals surface area contributed by atoms with E-state index in [-0.39, 0.29) is 0 Å². The summed E-state index contributed by atoms with van der Waals surface area (Å²) in [6.45, 7) is 2.29. The fraction of sp³-hybridized carbons (Fsp3) is 0.444. The largest absolute Gasteiger partial charge is 0.383 e. The standard InChI is InChI=1S/C9H12N4OS2/c1-14-4-2-10-6-7-8(12-13-16-7)9-11-3-5-15-9/h3,5,10H,2,4,6H2,1H3. The third kappa shape index (κ3) is 2.82. The molecule has 16 heavy (non-hydrogen) atoms. The lowest BCUT2D eigenvalue weighted by atomic mass is 10.3. The van der Waals surface area contributed by atoms with E-state index in [1.165, 1.54) is 11.5 Å². The van der Waals surface area contributed by atoms with Crippen molar-refractivity contribution in [3.8, 4) is 10.7 Å². The van der Waals surface area contributed by atoms with E-state index >= 15 is 0 Å². The molecule has 0 saturated heterocycles. The molecule has 5 nitrogen and oxygen atoms in total. The zero-order valence-corrected chi connectivity index (χ0v) is 10.5. The van der Waals surface area contributed by atoms with Crippen LogP contribution >= 0.6 is 22.9 Å². The summed E-state index contributed by atoms with van der Waals surface area (Å²) in [7, 11) is 1.69. The van der Waals surface area contributed by atoms with Crippen LogP contribution in [0, 0.1) is 0 Å². The summed E-state index contributed by atoms with van der Waals surface area (Å²) < 4.78 is 8.93. The first kappa shape index (κ1) is 11.6. The Kier molecular flexibility index (Phi) is 4.34. The molecule has 0 fully saturated rings. The summed E-state index contributed by atoms with van der Waals surface area (Å²) in [4.78, 5) is 5.35. The zero-order valence-electron chi connectivity index (χ0n) is 8.84. The zero-order chi connectivity index (χ0) is 11.2. The Morgan fingerprint density at radius 3 is 3.19 bits per heavy atom. The Morgan fingerprint density at radius 2 is 2.44 bits per heavy atom. The van der Waals surface area contributed by atoms with Gasteiger partial charge in [-0.3, -0.25) is 0 Å². The van der Waals surface area contributed by atoms with Gasteiger partial charge in [0, 0.05) is 31.8 Å². The van der Waals surface area contributed by atoms with Crippen LogP contribution in [0.5, 0.6) is 0 Å². The van der Waals surface area contributed by atoms with Gasteiger partial charge >= 0.3 is 0 Å². The van der Waals surface area contributed by atoms with E-state index in [1.54, 1.807) is 24.6 Å². The highest BCUT2D eigenvalue weighted by Gasteiger charge is 2.11. The molecule has 0 aromatic carbocycles. The normalized spacial score (nSPS) is 10.8. The summed E-state index contributed by atoms with van der Waals surface area (Å²) in [5, 5.41) is 10.2. The third-order valence-corrected chi connectivity index (χ3v) is 3.46. The first-order valence-corrected chi connectivity index (χ1v) is 6.48. The first-order valence-electron chi connectivity index (χ1n) is 4.82. The Balaban J connectivity index is 1.97. The number of methoxy groups -OCH3 is 1. The molecule has 7 heteroatoms. The first-order chi connectivity index (χ1) is 7.92. The van der Waals surface area contributed by atoms with Crippen molar-refractivity contribution in [1.29, 1.82) is 0 Å². The molecule has 1 N–H and O–H groups in total. The number of hydrogen-bond acceptors (Lipinski definition) is 7. The SMILES string of the molecule is COCCNCc1snnc1-c1nccs1. The quantitative estimate of drug-likeness (QED) is 0.792. The van der Waals surface area contributed by atoms with Crippen molar-refractivity contribution in [2.75, 3.05) is 20.3 Å². The fourth-order valence-electron chi connectivity index (χ4n) is 1.20. The minimum atomic E-state index is 0.707. The van der Waals surface area contributed by atoms with Crippen LogP contribution in [0.2, 0.25) is 0 Å². The van der Waals surface area contributed by atoms with Crippen molar-refractivity contribution in [3.63, 3.8) is 0 Å². The average Bonchev–Trinajstić information content (AvgIpc) is 2.94. The number of ether oxygens (including phenoxy) is 1. The van der Waals surface area contributed by atoms with Crippen molar-refractivity contribution in [3.05, 3.63) is 16.5 Å². The Labute approximate surface area is 102 Å². The summed E-state index contributed by atoms with van der Waals surface area (Å²) in [5.41, 5.74) is 0.893. The number of hydrogen-bond donors (Lipinski definition) is 1. The highest BCUT2D eigenvalue weighted by atomic mass is 32.1. The topological polar surface area (TPSA) is 59.9 Å². The lowest BCUT2D eigenvalue weighted by Gasteiger charge is -2.01. The van der Waals surface area contributed by atoms with Gasteiger partial charge in [-0.05, 0) is 11.5 Å². The summed E-state index contributed by atoms with van der Waals surface area (Å²) in [5.74, 6) is 0. The van der Waals surface area contributed by atoms with E-state index in [4.69, 9.17) is 4.74 Å². The van der Waals surface area contributed by atoms with Gasteiger partial charge in [0.15, 0.2) is 0 Å². The maximum atomic E-state index is 4.96. The second-order valence-electron chi connectivity index (χ2n) is 3.05. The molecule has 2 heterocycles. The molecule has 0 radical (unpaired) electrons. The number of thiazole rings is 1. The van der Waals surface area contributed by atoms with Crippen LogP contribution in [0.3, 0.4) is 0 Å². The maximum absolute atomic E-state index is 4.96. The maximum Gasteiger partial charge on any atom is 0.144 e. The van der Waals surface area contributed by atoms with Crippen molar-refractivity contribution in [2.24, 2.45) is 0 Å². The fourth-order valence-corrected chi connectivity index (χ4v) is 2.53. The van der Waals surface area contributed by atoms with Gasteiger partial charge in [-0.25, -0.2) is 4.98 Å². The van der Waals surface area contributed by atoms with Crippen LogP contribution in [-0.4, -0.2) is 34.8 Å². The van der Waals surface area contributed by atoms with Crippen LogP contribution in [-0.2, 0) is 11.3 Å². The summed E-state index contributed by atoms with van der Waals surface area (Å²) >= 11 is 2.99. The van der Waals surface area contributed by atoms with Crippen LogP contribution in [0.4, 0.5) is 0 Å². The van der Waals surface area contributed by atoms with Crippen molar-refractivity contribution >= 4 is 22.9 Å². The van der Waals surface area contributed by atoms with Gasteiger partial charge in [-0.2, -0.15) is 0 Å². The van der Waals surface area contributed by atoms with E-state index < -0.39 is 0 Å². The number of rotatable bonds is 6. The van der Waals surface area contributed by atoms with Gasteiger partial charge in [-0.1, -0.05) is 4.49 Å². The van der Waals surface area contributed by atoms with Gasteiger partial charge in [0.05, 0.1) is 11.5 Å². The molecule has 0 saturated carbocycles. The molecule has 0 unspecified atom stereocenters. The molecule has 0 amide bonds. The van der Waals surface area contributed by atoms with E-state index in [9.17, 15) is 0 Å². The molecule has 0 bridgehead atoms. The summed E-state index contributed by atoms with van der Waals surface area (Å²) in [6, 6.07) is 0. The second kappa shape index (κ2) is 6.00. The predicted molar refractivity (Wildman–Crippen MR) is 64.6 cm³/mol. The Morgan fingerprint density at radius 1 is 1.50 bits per heavy atom. The van der Waals surface area contributed by atoms with Gasteiger partial charge < -0.3 is 10.1 Å². The van der Waals surface area contributed by atoms with E-state index in [0.717, 1.165) is 28.7 Å². The minimum Gasteiger partial charge on any atom is -0.383 e. The van der Waals surface area contributed by atoms with Crippen LogP contribution in [0.15, 0.2) is 11.6 Å². The molecule has 86 valence electrons. The third-order valence-electron chi connectivity index (χ3n) is 1.96. The number of nitrogens with one attached hydrogen (secondary N) is 1. The monoisotopic (exact) mass is 256 g/mol. The molecule has 0 aliphatic rings. The van der Waals surface area contributed by atoms with Gasteiger partial charge in [0.25, 0.3) is 0 Å². The van der Waals surface area contributed by atoms with Gasteiger partial charge in [-0.15, -0.1) is 16.4 Å². The van der Waals surface area contributed by atoms with Gasteiger partial charge in [0.1, 0.15) is 10.7 Å². The predicted octanol–water partition coefficient (Wildman–Crippen LogP) is 1.40. The lowest BCUT2D eigenvalue weighted by Crippen LogP contribution is -2.18. The molecule has 0 atom stereocenters. The average molecular weight is 256 g/mol. The van der Waals surface area contributed by atoms with Crippen LogP contribution < -0.4 is 5.32 Å². The van der Waals surface area contributed by atoms with E-state index in [0.29, 0.717) is 6.61 Å². The molecule has 2 aromatic heterocycles. The lowest BCUT2D eigenvalue weighted by molar-refractivity contribution is 0.199. The molecular formula is C9H12N4OS2.